The number of carbonyl (C=O) groups excluding carboxylic acids is 1. The standard InChI is InChI=1S/C24H21N3O3/c28-23(14-22-20-12-6-7-13-21(20)24(29)27-26-22)25-15-17-8-4-5-9-18(17)16-30-19-10-2-1-3-11-19/h1-13H,14-16H2,(H,25,28)(H,27,29). The van der Waals surface area contributed by atoms with Gasteiger partial charge >= 0.3 is 0 Å². The number of nitrogens with zero attached hydrogens (tertiary/aromatic N) is 1. The van der Waals surface area contributed by atoms with Crippen LogP contribution in [0.1, 0.15) is 16.8 Å². The van der Waals surface area contributed by atoms with Crippen LogP contribution in [0.5, 0.6) is 5.75 Å². The maximum atomic E-state index is 12.5. The number of hydrogen-bond donors (Lipinski definition) is 2. The Morgan fingerprint density at radius 3 is 2.33 bits per heavy atom. The van der Waals surface area contributed by atoms with Crippen LogP contribution in [0, 0.1) is 0 Å². The number of H-pyrrole nitrogens is 1. The van der Waals surface area contributed by atoms with Gasteiger partial charge in [0.25, 0.3) is 5.56 Å². The molecule has 0 atom stereocenters. The fourth-order valence-corrected chi connectivity index (χ4v) is 3.26. The van der Waals surface area contributed by atoms with Crippen LogP contribution in [-0.4, -0.2) is 16.1 Å². The number of para-hydroxylation sites is 1. The van der Waals surface area contributed by atoms with Crippen molar-refractivity contribution in [1.29, 1.82) is 0 Å². The van der Waals surface area contributed by atoms with E-state index < -0.39 is 0 Å². The van der Waals surface area contributed by atoms with Crippen molar-refractivity contribution in [2.24, 2.45) is 0 Å². The Hall–Kier alpha value is -3.93. The molecule has 0 saturated carbocycles. The maximum Gasteiger partial charge on any atom is 0.272 e. The topological polar surface area (TPSA) is 84.1 Å². The molecule has 0 fully saturated rings. The van der Waals surface area contributed by atoms with Gasteiger partial charge in [0, 0.05) is 11.9 Å². The molecule has 1 aromatic heterocycles. The molecule has 1 amide bonds. The van der Waals surface area contributed by atoms with Gasteiger partial charge in [-0.05, 0) is 29.3 Å². The Balaban J connectivity index is 1.41. The number of aromatic amines is 1. The number of rotatable bonds is 7. The van der Waals surface area contributed by atoms with Gasteiger partial charge in [0.2, 0.25) is 5.91 Å². The number of amides is 1. The summed E-state index contributed by atoms with van der Waals surface area (Å²) in [5.74, 6) is 0.630. The van der Waals surface area contributed by atoms with Crippen molar-refractivity contribution >= 4 is 16.7 Å². The second-order valence-electron chi connectivity index (χ2n) is 6.87. The normalized spacial score (nSPS) is 10.7. The molecule has 150 valence electrons. The number of ether oxygens (including phenoxy) is 1. The van der Waals surface area contributed by atoms with E-state index in [1.165, 1.54) is 0 Å². The fourth-order valence-electron chi connectivity index (χ4n) is 3.26. The molecule has 0 unspecified atom stereocenters. The minimum atomic E-state index is -0.262. The van der Waals surface area contributed by atoms with Crippen LogP contribution in [0.25, 0.3) is 10.8 Å². The number of fused-ring (bicyclic) bond motifs is 1. The lowest BCUT2D eigenvalue weighted by Gasteiger charge is -2.12. The number of benzene rings is 3. The molecular formula is C24H21N3O3. The molecule has 4 aromatic rings. The second kappa shape index (κ2) is 9.05. The number of carbonyl (C=O) groups is 1. The molecule has 0 aliphatic heterocycles. The van der Waals surface area contributed by atoms with E-state index in [0.717, 1.165) is 16.9 Å². The molecule has 0 aliphatic rings. The fraction of sp³-hybridized carbons (Fsp3) is 0.125. The summed E-state index contributed by atoms with van der Waals surface area (Å²) in [6, 6.07) is 24.6. The smallest absolute Gasteiger partial charge is 0.272 e. The van der Waals surface area contributed by atoms with Gasteiger partial charge in [-0.25, -0.2) is 5.10 Å². The van der Waals surface area contributed by atoms with Crippen molar-refractivity contribution in [2.45, 2.75) is 19.6 Å². The summed E-state index contributed by atoms with van der Waals surface area (Å²) in [4.78, 5) is 24.4. The third-order valence-corrected chi connectivity index (χ3v) is 4.83. The minimum absolute atomic E-state index is 0.0833. The van der Waals surface area contributed by atoms with Crippen LogP contribution in [0.15, 0.2) is 83.7 Å². The van der Waals surface area contributed by atoms with E-state index in [4.69, 9.17) is 4.74 Å². The third kappa shape index (κ3) is 4.55. The molecule has 0 aliphatic carbocycles. The molecule has 0 spiro atoms. The lowest BCUT2D eigenvalue weighted by Crippen LogP contribution is -2.26. The Kier molecular flexibility index (Phi) is 5.85. The number of aromatic nitrogens is 2. The predicted molar refractivity (Wildman–Crippen MR) is 115 cm³/mol. The monoisotopic (exact) mass is 399 g/mol. The van der Waals surface area contributed by atoms with Crippen molar-refractivity contribution in [3.63, 3.8) is 0 Å². The molecule has 2 N–H and O–H groups in total. The van der Waals surface area contributed by atoms with Gasteiger partial charge in [-0.2, -0.15) is 5.10 Å². The van der Waals surface area contributed by atoms with E-state index in [0.29, 0.717) is 29.6 Å². The van der Waals surface area contributed by atoms with Crippen LogP contribution >= 0.6 is 0 Å². The van der Waals surface area contributed by atoms with Gasteiger partial charge in [-0.15, -0.1) is 0 Å². The first-order valence-electron chi connectivity index (χ1n) is 9.68. The van der Waals surface area contributed by atoms with Gasteiger partial charge < -0.3 is 10.1 Å². The zero-order chi connectivity index (χ0) is 20.8. The average molecular weight is 399 g/mol. The van der Waals surface area contributed by atoms with Gasteiger partial charge in [-0.1, -0.05) is 60.7 Å². The summed E-state index contributed by atoms with van der Waals surface area (Å²) in [5, 5.41) is 10.7. The van der Waals surface area contributed by atoms with Crippen LogP contribution in [0.3, 0.4) is 0 Å². The Bertz CT molecular complexity index is 1220. The van der Waals surface area contributed by atoms with Crippen LogP contribution < -0.4 is 15.6 Å². The van der Waals surface area contributed by atoms with E-state index in [1.807, 2.05) is 60.7 Å². The zero-order valence-electron chi connectivity index (χ0n) is 16.3. The summed E-state index contributed by atoms with van der Waals surface area (Å²) in [6.45, 7) is 0.802. The molecule has 1 heterocycles. The molecule has 6 heteroatoms. The zero-order valence-corrected chi connectivity index (χ0v) is 16.3. The van der Waals surface area contributed by atoms with E-state index in [9.17, 15) is 9.59 Å². The first-order chi connectivity index (χ1) is 14.7. The molecule has 30 heavy (non-hydrogen) atoms. The first-order valence-corrected chi connectivity index (χ1v) is 9.68. The molecule has 4 rings (SSSR count). The summed E-state index contributed by atoms with van der Waals surface area (Å²) in [6.07, 6.45) is 0.0833. The SMILES string of the molecule is O=C(Cc1n[nH]c(=O)c2ccccc12)NCc1ccccc1COc1ccccc1. The van der Waals surface area contributed by atoms with Crippen LogP contribution in [-0.2, 0) is 24.4 Å². The molecule has 6 nitrogen and oxygen atoms in total. The molecular weight excluding hydrogens is 378 g/mol. The molecule has 0 radical (unpaired) electrons. The Morgan fingerprint density at radius 1 is 0.867 bits per heavy atom. The van der Waals surface area contributed by atoms with Crippen molar-refractivity contribution < 1.29 is 9.53 Å². The van der Waals surface area contributed by atoms with Crippen molar-refractivity contribution in [3.05, 3.63) is 106 Å². The van der Waals surface area contributed by atoms with Gasteiger partial charge in [0.05, 0.1) is 17.5 Å². The van der Waals surface area contributed by atoms with Gasteiger partial charge in [0.15, 0.2) is 0 Å². The Morgan fingerprint density at radius 2 is 1.53 bits per heavy atom. The number of nitrogens with one attached hydrogen (secondary N) is 2. The van der Waals surface area contributed by atoms with Crippen molar-refractivity contribution in [3.8, 4) is 5.75 Å². The highest BCUT2D eigenvalue weighted by atomic mass is 16.5. The highest BCUT2D eigenvalue weighted by Gasteiger charge is 2.11. The molecule has 0 bridgehead atoms. The molecule has 0 saturated heterocycles. The summed E-state index contributed by atoms with van der Waals surface area (Å²) < 4.78 is 5.84. The molecule has 3 aromatic carbocycles. The largest absolute Gasteiger partial charge is 0.489 e. The number of hydrogen-bond acceptors (Lipinski definition) is 4. The van der Waals surface area contributed by atoms with Crippen LogP contribution in [0.4, 0.5) is 0 Å². The quantitative estimate of drug-likeness (QED) is 0.499. The van der Waals surface area contributed by atoms with Gasteiger partial charge in [0.1, 0.15) is 12.4 Å². The van der Waals surface area contributed by atoms with E-state index in [1.54, 1.807) is 18.2 Å². The summed E-state index contributed by atoms with van der Waals surface area (Å²) in [5.41, 5.74) is 2.28. The minimum Gasteiger partial charge on any atom is -0.489 e. The van der Waals surface area contributed by atoms with E-state index in [2.05, 4.69) is 15.5 Å². The highest BCUT2D eigenvalue weighted by Crippen LogP contribution is 2.15. The van der Waals surface area contributed by atoms with Crippen molar-refractivity contribution in [2.75, 3.05) is 0 Å². The van der Waals surface area contributed by atoms with E-state index >= 15 is 0 Å². The van der Waals surface area contributed by atoms with Crippen molar-refractivity contribution in [1.82, 2.24) is 15.5 Å². The van der Waals surface area contributed by atoms with Crippen LogP contribution in [0.2, 0.25) is 0 Å². The van der Waals surface area contributed by atoms with E-state index in [-0.39, 0.29) is 17.9 Å². The summed E-state index contributed by atoms with van der Waals surface area (Å²) >= 11 is 0. The highest BCUT2D eigenvalue weighted by molar-refractivity contribution is 5.88. The predicted octanol–water partition coefficient (Wildman–Crippen LogP) is 3.36. The summed E-state index contributed by atoms with van der Waals surface area (Å²) in [7, 11) is 0. The third-order valence-electron chi connectivity index (χ3n) is 4.83. The lowest BCUT2D eigenvalue weighted by atomic mass is 10.1. The maximum absolute atomic E-state index is 12.5. The Labute approximate surface area is 173 Å². The lowest BCUT2D eigenvalue weighted by molar-refractivity contribution is -0.120. The second-order valence-corrected chi connectivity index (χ2v) is 6.87. The average Bonchev–Trinajstić information content (AvgIpc) is 2.79. The van der Waals surface area contributed by atoms with Gasteiger partial charge in [-0.3, -0.25) is 9.59 Å². The first kappa shape index (κ1) is 19.4.